The van der Waals surface area contributed by atoms with E-state index in [1.54, 1.807) is 24.5 Å². The summed E-state index contributed by atoms with van der Waals surface area (Å²) < 4.78 is 5.30. The predicted octanol–water partition coefficient (Wildman–Crippen LogP) is 3.96. The molecule has 5 heteroatoms. The van der Waals surface area contributed by atoms with Crippen LogP contribution >= 0.6 is 11.3 Å². The first kappa shape index (κ1) is 18.0. The molecule has 1 N–H and O–H groups in total. The zero-order valence-electron chi connectivity index (χ0n) is 14.9. The summed E-state index contributed by atoms with van der Waals surface area (Å²) in [7, 11) is 1.59. The van der Waals surface area contributed by atoms with Crippen molar-refractivity contribution in [3.8, 4) is 5.75 Å². The molecule has 1 aromatic carbocycles. The lowest BCUT2D eigenvalue weighted by Crippen LogP contribution is -2.41. The summed E-state index contributed by atoms with van der Waals surface area (Å²) in [5.74, 6) is 1.33. The Bertz CT molecular complexity index is 679. The average Bonchev–Trinajstić information content (AvgIpc) is 3.17. The average molecular weight is 359 g/mol. The molecule has 1 aliphatic heterocycles. The van der Waals surface area contributed by atoms with E-state index in [0.717, 1.165) is 19.0 Å². The summed E-state index contributed by atoms with van der Waals surface area (Å²) >= 11 is 1.76. The van der Waals surface area contributed by atoms with E-state index in [-0.39, 0.29) is 11.9 Å². The van der Waals surface area contributed by atoms with Crippen LogP contribution in [-0.2, 0) is 0 Å². The largest absolute Gasteiger partial charge is 0.496 e. The number of thiophene rings is 1. The van der Waals surface area contributed by atoms with Crippen LogP contribution < -0.4 is 10.1 Å². The van der Waals surface area contributed by atoms with Crippen molar-refractivity contribution >= 4 is 17.2 Å². The number of benzene rings is 1. The molecule has 0 radical (unpaired) electrons. The number of nitrogens with one attached hydrogen (secondary N) is 1. The van der Waals surface area contributed by atoms with Crippen LogP contribution in [0.2, 0.25) is 0 Å². The fraction of sp³-hybridized carbons (Fsp3) is 0.450. The fourth-order valence-corrected chi connectivity index (χ4v) is 4.21. The first-order valence-corrected chi connectivity index (χ1v) is 9.75. The Balaban J connectivity index is 1.69. The molecule has 0 spiro atoms. The van der Waals surface area contributed by atoms with Gasteiger partial charge in [0.15, 0.2) is 0 Å². The Kier molecular flexibility index (Phi) is 6.10. The van der Waals surface area contributed by atoms with E-state index in [4.69, 9.17) is 4.74 Å². The van der Waals surface area contributed by atoms with Gasteiger partial charge in [-0.25, -0.2) is 0 Å². The molecule has 1 amide bonds. The lowest BCUT2D eigenvalue weighted by molar-refractivity contribution is 0.0912. The van der Waals surface area contributed by atoms with Gasteiger partial charge in [0.25, 0.3) is 5.91 Å². The Morgan fingerprint density at radius 1 is 1.28 bits per heavy atom. The number of hydrogen-bond donors (Lipinski definition) is 1. The van der Waals surface area contributed by atoms with Gasteiger partial charge >= 0.3 is 0 Å². The van der Waals surface area contributed by atoms with Gasteiger partial charge in [-0.1, -0.05) is 25.1 Å². The second kappa shape index (κ2) is 8.50. The fourth-order valence-electron chi connectivity index (χ4n) is 3.35. The van der Waals surface area contributed by atoms with Gasteiger partial charge in [-0.05, 0) is 55.4 Å². The number of hydrogen-bond acceptors (Lipinski definition) is 4. The third kappa shape index (κ3) is 4.41. The van der Waals surface area contributed by atoms with Crippen LogP contribution in [0.3, 0.4) is 0 Å². The maximum atomic E-state index is 12.6. The minimum atomic E-state index is -0.0793. The molecule has 0 unspecified atom stereocenters. The topological polar surface area (TPSA) is 41.6 Å². The minimum Gasteiger partial charge on any atom is -0.496 e. The van der Waals surface area contributed by atoms with Gasteiger partial charge in [0, 0.05) is 11.4 Å². The first-order valence-electron chi connectivity index (χ1n) is 8.87. The van der Waals surface area contributed by atoms with E-state index in [1.165, 1.54) is 17.7 Å². The van der Waals surface area contributed by atoms with Crippen molar-refractivity contribution < 1.29 is 9.53 Å². The molecule has 4 nitrogen and oxygen atoms in total. The molecule has 3 rings (SSSR count). The molecule has 1 aliphatic rings. The Morgan fingerprint density at radius 2 is 2.04 bits per heavy atom. The summed E-state index contributed by atoms with van der Waals surface area (Å²) in [6.07, 6.45) is 2.45. The monoisotopic (exact) mass is 358 g/mol. The van der Waals surface area contributed by atoms with Crippen LogP contribution in [-0.4, -0.2) is 37.6 Å². The van der Waals surface area contributed by atoms with Crippen molar-refractivity contribution in [1.82, 2.24) is 10.2 Å². The van der Waals surface area contributed by atoms with E-state index >= 15 is 0 Å². The lowest BCUT2D eigenvalue weighted by atomic mass is 9.97. The molecule has 134 valence electrons. The highest BCUT2D eigenvalue weighted by Crippen LogP contribution is 2.29. The number of amides is 1. The second-order valence-corrected chi connectivity index (χ2v) is 7.64. The van der Waals surface area contributed by atoms with Crippen LogP contribution in [0.5, 0.6) is 5.75 Å². The van der Waals surface area contributed by atoms with Crippen molar-refractivity contribution in [2.75, 3.05) is 26.7 Å². The maximum Gasteiger partial charge on any atom is 0.255 e. The molecule has 2 aromatic rings. The number of carbonyl (C=O) groups is 1. The third-order valence-corrected chi connectivity index (χ3v) is 5.91. The van der Waals surface area contributed by atoms with Crippen LogP contribution in [0.4, 0.5) is 0 Å². The van der Waals surface area contributed by atoms with Crippen molar-refractivity contribution in [2.24, 2.45) is 5.92 Å². The zero-order chi connectivity index (χ0) is 17.6. The minimum absolute atomic E-state index is 0.0793. The van der Waals surface area contributed by atoms with Gasteiger partial charge in [-0.2, -0.15) is 0 Å². The van der Waals surface area contributed by atoms with Gasteiger partial charge < -0.3 is 10.1 Å². The zero-order valence-corrected chi connectivity index (χ0v) is 15.7. The molecular weight excluding hydrogens is 332 g/mol. The predicted molar refractivity (Wildman–Crippen MR) is 102 cm³/mol. The van der Waals surface area contributed by atoms with Gasteiger partial charge in [0.1, 0.15) is 5.75 Å². The van der Waals surface area contributed by atoms with Crippen molar-refractivity contribution in [2.45, 2.75) is 25.8 Å². The summed E-state index contributed by atoms with van der Waals surface area (Å²) in [5.41, 5.74) is 0.585. The Hall–Kier alpha value is -1.85. The van der Waals surface area contributed by atoms with Gasteiger partial charge in [-0.15, -0.1) is 11.3 Å². The summed E-state index contributed by atoms with van der Waals surface area (Å²) in [6.45, 7) is 5.12. The van der Waals surface area contributed by atoms with E-state index in [2.05, 4.69) is 34.7 Å². The second-order valence-electron chi connectivity index (χ2n) is 6.66. The van der Waals surface area contributed by atoms with E-state index in [9.17, 15) is 4.79 Å². The Labute approximate surface area is 153 Å². The molecule has 0 bridgehead atoms. The first-order chi connectivity index (χ1) is 12.2. The lowest BCUT2D eigenvalue weighted by Gasteiger charge is -2.36. The molecule has 1 aromatic heterocycles. The molecule has 25 heavy (non-hydrogen) atoms. The number of methoxy groups -OCH3 is 1. The van der Waals surface area contributed by atoms with Gasteiger partial charge in [0.2, 0.25) is 0 Å². The quantitative estimate of drug-likeness (QED) is 0.850. The smallest absolute Gasteiger partial charge is 0.255 e. The number of ether oxygens (including phenoxy) is 1. The number of carbonyl (C=O) groups excluding carboxylic acids is 1. The van der Waals surface area contributed by atoms with Crippen molar-refractivity contribution in [3.05, 3.63) is 52.2 Å². The standard InChI is InChI=1S/C20H26N2O2S/c1-15-9-11-22(12-10-15)17(19-8-5-13-25-19)14-21-20(23)16-6-3-4-7-18(16)24-2/h3-8,13,15,17H,9-12,14H2,1-2H3,(H,21,23)/t17-/m0/s1. The highest BCUT2D eigenvalue weighted by Gasteiger charge is 2.26. The van der Waals surface area contributed by atoms with E-state index in [0.29, 0.717) is 17.9 Å². The normalized spacial score (nSPS) is 17.2. The SMILES string of the molecule is COc1ccccc1C(=O)NC[C@@H](c1cccs1)N1CCC(C)CC1. The maximum absolute atomic E-state index is 12.6. The molecular formula is C20H26N2O2S. The van der Waals surface area contributed by atoms with Crippen LogP contribution in [0.25, 0.3) is 0 Å². The third-order valence-electron chi connectivity index (χ3n) is 4.94. The number of rotatable bonds is 6. The van der Waals surface area contributed by atoms with E-state index in [1.807, 2.05) is 18.2 Å². The molecule has 0 aliphatic carbocycles. The molecule has 1 atom stereocenters. The number of piperidine rings is 1. The molecule has 1 saturated heterocycles. The molecule has 0 saturated carbocycles. The van der Waals surface area contributed by atoms with Crippen LogP contribution in [0, 0.1) is 5.92 Å². The number of para-hydroxylation sites is 1. The number of likely N-dealkylation sites (tertiary alicyclic amines) is 1. The van der Waals surface area contributed by atoms with Crippen LogP contribution in [0.1, 0.15) is 41.0 Å². The highest BCUT2D eigenvalue weighted by molar-refractivity contribution is 7.10. The summed E-state index contributed by atoms with van der Waals surface area (Å²) in [4.78, 5) is 16.5. The highest BCUT2D eigenvalue weighted by atomic mass is 32.1. The van der Waals surface area contributed by atoms with Gasteiger partial charge in [0.05, 0.1) is 18.7 Å². The molecule has 2 heterocycles. The van der Waals surface area contributed by atoms with Gasteiger partial charge in [-0.3, -0.25) is 9.69 Å². The number of nitrogens with zero attached hydrogens (tertiary/aromatic N) is 1. The van der Waals surface area contributed by atoms with Crippen molar-refractivity contribution in [1.29, 1.82) is 0 Å². The summed E-state index contributed by atoms with van der Waals surface area (Å²) in [5, 5.41) is 5.22. The summed E-state index contributed by atoms with van der Waals surface area (Å²) in [6, 6.07) is 11.9. The van der Waals surface area contributed by atoms with Crippen molar-refractivity contribution in [3.63, 3.8) is 0 Å². The Morgan fingerprint density at radius 3 is 2.72 bits per heavy atom. The van der Waals surface area contributed by atoms with E-state index < -0.39 is 0 Å². The van der Waals surface area contributed by atoms with Crippen LogP contribution in [0.15, 0.2) is 41.8 Å². The molecule has 1 fully saturated rings.